The number of methoxy groups -OCH3 is 1. The van der Waals surface area contributed by atoms with Gasteiger partial charge in [0, 0.05) is 12.0 Å². The summed E-state index contributed by atoms with van der Waals surface area (Å²) in [6.45, 7) is 9.44. The van der Waals surface area contributed by atoms with Crippen LogP contribution in [0.15, 0.2) is 42.0 Å². The Labute approximate surface area is 162 Å². The van der Waals surface area contributed by atoms with Crippen molar-refractivity contribution in [3.63, 3.8) is 0 Å². The third-order valence-electron chi connectivity index (χ3n) is 6.49. The first-order valence-electron chi connectivity index (χ1n) is 9.78. The van der Waals surface area contributed by atoms with Crippen molar-refractivity contribution >= 4 is 12.0 Å². The molecule has 0 radical (unpaired) electrons. The van der Waals surface area contributed by atoms with Gasteiger partial charge in [-0.3, -0.25) is 0 Å². The summed E-state index contributed by atoms with van der Waals surface area (Å²) in [5.74, 6) is -0.231. The molecule has 2 heteroatoms. The maximum Gasteiger partial charge on any atom is 0.334 e. The first-order valence-corrected chi connectivity index (χ1v) is 9.78. The summed E-state index contributed by atoms with van der Waals surface area (Å²) in [7, 11) is 1.44. The van der Waals surface area contributed by atoms with Gasteiger partial charge in [-0.25, -0.2) is 4.79 Å². The SMILES string of the molecule is COC(=O)C1=Cc2ccc(-c3ccc4c(c3)C(C)(C)CCC4(C)C)cc2C1. The molecule has 2 aliphatic rings. The topological polar surface area (TPSA) is 26.3 Å². The van der Waals surface area contributed by atoms with Gasteiger partial charge in [-0.1, -0.05) is 64.1 Å². The molecule has 0 fully saturated rings. The summed E-state index contributed by atoms with van der Waals surface area (Å²) in [6, 6.07) is 13.5. The van der Waals surface area contributed by atoms with Crippen molar-refractivity contribution in [2.24, 2.45) is 0 Å². The molecule has 2 nitrogen and oxygen atoms in total. The Morgan fingerprint density at radius 3 is 2.22 bits per heavy atom. The van der Waals surface area contributed by atoms with Gasteiger partial charge in [-0.05, 0) is 63.1 Å². The van der Waals surface area contributed by atoms with Crippen LogP contribution in [0.1, 0.15) is 62.8 Å². The van der Waals surface area contributed by atoms with E-state index in [9.17, 15) is 4.79 Å². The van der Waals surface area contributed by atoms with E-state index in [0.717, 1.165) is 11.1 Å². The minimum atomic E-state index is -0.231. The first-order chi connectivity index (χ1) is 12.7. The van der Waals surface area contributed by atoms with Crippen molar-refractivity contribution in [1.82, 2.24) is 0 Å². The monoisotopic (exact) mass is 360 g/mol. The molecule has 2 aromatic carbocycles. The summed E-state index contributed by atoms with van der Waals surface area (Å²) in [5, 5.41) is 0. The van der Waals surface area contributed by atoms with Gasteiger partial charge in [0.15, 0.2) is 0 Å². The Bertz CT molecular complexity index is 960. The van der Waals surface area contributed by atoms with Crippen LogP contribution in [0, 0.1) is 0 Å². The lowest BCUT2D eigenvalue weighted by atomic mass is 9.63. The van der Waals surface area contributed by atoms with Crippen LogP contribution in [0.4, 0.5) is 0 Å². The number of hydrogen-bond acceptors (Lipinski definition) is 2. The van der Waals surface area contributed by atoms with Crippen molar-refractivity contribution in [3.8, 4) is 11.1 Å². The van der Waals surface area contributed by atoms with Crippen LogP contribution in [0.25, 0.3) is 17.2 Å². The minimum absolute atomic E-state index is 0.206. The number of rotatable bonds is 2. The highest BCUT2D eigenvalue weighted by Crippen LogP contribution is 2.47. The summed E-state index contributed by atoms with van der Waals surface area (Å²) in [4.78, 5) is 11.8. The number of benzene rings is 2. The quantitative estimate of drug-likeness (QED) is 0.631. The highest BCUT2D eigenvalue weighted by molar-refractivity contribution is 5.96. The molecule has 0 unspecified atom stereocenters. The van der Waals surface area contributed by atoms with Crippen LogP contribution in [0.2, 0.25) is 0 Å². The fourth-order valence-electron chi connectivity index (χ4n) is 4.55. The van der Waals surface area contributed by atoms with Gasteiger partial charge in [0.1, 0.15) is 0 Å². The zero-order valence-electron chi connectivity index (χ0n) is 17.0. The van der Waals surface area contributed by atoms with Crippen LogP contribution in [-0.4, -0.2) is 13.1 Å². The number of fused-ring (bicyclic) bond motifs is 2. The third kappa shape index (κ3) is 3.01. The largest absolute Gasteiger partial charge is 0.466 e. The second-order valence-electron chi connectivity index (χ2n) is 9.28. The minimum Gasteiger partial charge on any atom is -0.466 e. The maximum absolute atomic E-state index is 11.8. The molecule has 0 amide bonds. The number of carbonyl (C=O) groups excluding carboxylic acids is 1. The van der Waals surface area contributed by atoms with Crippen molar-refractivity contribution in [3.05, 3.63) is 64.2 Å². The molecule has 0 saturated carbocycles. The molecule has 0 bridgehead atoms. The van der Waals surface area contributed by atoms with Crippen LogP contribution >= 0.6 is 0 Å². The molecule has 0 heterocycles. The van der Waals surface area contributed by atoms with E-state index in [0.29, 0.717) is 6.42 Å². The third-order valence-corrected chi connectivity index (χ3v) is 6.49. The average Bonchev–Trinajstić information content (AvgIpc) is 3.08. The molecule has 140 valence electrons. The summed E-state index contributed by atoms with van der Waals surface area (Å²) < 4.78 is 4.88. The van der Waals surface area contributed by atoms with E-state index in [4.69, 9.17) is 4.74 Å². The second-order valence-corrected chi connectivity index (χ2v) is 9.28. The van der Waals surface area contributed by atoms with Crippen molar-refractivity contribution < 1.29 is 9.53 Å². The predicted octanol–water partition coefficient (Wildman–Crippen LogP) is 5.82. The molecule has 4 rings (SSSR count). The average molecular weight is 360 g/mol. The standard InChI is InChI=1S/C25H28O2/c1-24(2)10-11-25(3,4)22-15-18(8-9-21(22)24)16-6-7-17-13-20(23(26)27-5)14-19(17)12-16/h6-9,12-13,15H,10-11,14H2,1-5H3. The van der Waals surface area contributed by atoms with Crippen molar-refractivity contribution in [2.45, 2.75) is 57.8 Å². The number of carbonyl (C=O) groups is 1. The highest BCUT2D eigenvalue weighted by Gasteiger charge is 2.37. The van der Waals surface area contributed by atoms with E-state index >= 15 is 0 Å². The Morgan fingerprint density at radius 1 is 0.889 bits per heavy atom. The van der Waals surface area contributed by atoms with Gasteiger partial charge >= 0.3 is 5.97 Å². The highest BCUT2D eigenvalue weighted by atomic mass is 16.5. The molecule has 0 spiro atoms. The zero-order chi connectivity index (χ0) is 19.4. The smallest absolute Gasteiger partial charge is 0.334 e. The lowest BCUT2D eigenvalue weighted by molar-refractivity contribution is -0.136. The molecule has 0 saturated heterocycles. The van der Waals surface area contributed by atoms with Gasteiger partial charge in [0.05, 0.1) is 7.11 Å². The fraction of sp³-hybridized carbons (Fsp3) is 0.400. The summed E-state index contributed by atoms with van der Waals surface area (Å²) in [6.07, 6.45) is 5.04. The molecule has 0 atom stereocenters. The molecular formula is C25H28O2. The Hall–Kier alpha value is -2.35. The Kier molecular flexibility index (Phi) is 4.06. The Balaban J connectivity index is 1.73. The summed E-state index contributed by atoms with van der Waals surface area (Å²) in [5.41, 5.74) is 8.94. The van der Waals surface area contributed by atoms with Gasteiger partial charge in [-0.2, -0.15) is 0 Å². The van der Waals surface area contributed by atoms with Crippen LogP contribution in [0.3, 0.4) is 0 Å². The van der Waals surface area contributed by atoms with Crippen molar-refractivity contribution in [2.75, 3.05) is 7.11 Å². The molecule has 2 aromatic rings. The van der Waals surface area contributed by atoms with E-state index in [-0.39, 0.29) is 16.8 Å². The van der Waals surface area contributed by atoms with Gasteiger partial charge in [-0.15, -0.1) is 0 Å². The molecule has 0 N–H and O–H groups in total. The van der Waals surface area contributed by atoms with E-state index in [1.54, 1.807) is 0 Å². The zero-order valence-corrected chi connectivity index (χ0v) is 17.0. The van der Waals surface area contributed by atoms with E-state index in [1.165, 1.54) is 47.8 Å². The lowest BCUT2D eigenvalue weighted by Crippen LogP contribution is -2.33. The predicted molar refractivity (Wildman–Crippen MR) is 111 cm³/mol. The number of esters is 1. The molecule has 0 aliphatic heterocycles. The van der Waals surface area contributed by atoms with E-state index in [2.05, 4.69) is 64.1 Å². The molecular weight excluding hydrogens is 332 g/mol. The lowest BCUT2D eigenvalue weighted by Gasteiger charge is -2.42. The molecule has 0 aromatic heterocycles. The Morgan fingerprint density at radius 2 is 1.52 bits per heavy atom. The first kappa shape index (κ1) is 18.0. The fourth-order valence-corrected chi connectivity index (χ4v) is 4.55. The second kappa shape index (κ2) is 6.09. The maximum atomic E-state index is 11.8. The van der Waals surface area contributed by atoms with Crippen LogP contribution in [0.5, 0.6) is 0 Å². The van der Waals surface area contributed by atoms with Gasteiger partial charge < -0.3 is 4.74 Å². The normalized spacial score (nSPS) is 19.1. The van der Waals surface area contributed by atoms with Gasteiger partial charge in [0.2, 0.25) is 0 Å². The van der Waals surface area contributed by atoms with E-state index < -0.39 is 0 Å². The number of ether oxygens (including phenoxy) is 1. The van der Waals surface area contributed by atoms with Gasteiger partial charge in [0.25, 0.3) is 0 Å². The van der Waals surface area contributed by atoms with Crippen LogP contribution in [-0.2, 0) is 26.8 Å². The van der Waals surface area contributed by atoms with Crippen LogP contribution < -0.4 is 0 Å². The van der Waals surface area contributed by atoms with E-state index in [1.807, 2.05) is 6.08 Å². The number of hydrogen-bond donors (Lipinski definition) is 0. The molecule has 2 aliphatic carbocycles. The molecule has 27 heavy (non-hydrogen) atoms. The van der Waals surface area contributed by atoms with Crippen molar-refractivity contribution in [1.29, 1.82) is 0 Å². The summed E-state index contributed by atoms with van der Waals surface area (Å²) >= 11 is 0.